The van der Waals surface area contributed by atoms with Gasteiger partial charge in [0.1, 0.15) is 16.1 Å². The summed E-state index contributed by atoms with van der Waals surface area (Å²) < 4.78 is 0. The molecule has 0 saturated heterocycles. The molecule has 178 valence electrons. The third-order valence-electron chi connectivity index (χ3n) is 5.30. The molecule has 1 heterocycles. The third kappa shape index (κ3) is 5.71. The van der Waals surface area contributed by atoms with E-state index in [9.17, 15) is 20.2 Å². The van der Waals surface area contributed by atoms with Gasteiger partial charge in [-0.25, -0.2) is 4.98 Å². The summed E-state index contributed by atoms with van der Waals surface area (Å²) in [6.45, 7) is 2.00. The van der Waals surface area contributed by atoms with Crippen molar-refractivity contribution in [1.29, 1.82) is 5.26 Å². The first-order valence-corrected chi connectivity index (χ1v) is 12.2. The maximum absolute atomic E-state index is 12.7. The molecule has 9 heteroatoms. The van der Waals surface area contributed by atoms with Crippen LogP contribution in [0.4, 0.5) is 11.4 Å². The Hall–Kier alpha value is -4.19. The summed E-state index contributed by atoms with van der Waals surface area (Å²) in [5.74, 6) is -0.451. The highest BCUT2D eigenvalue weighted by Crippen LogP contribution is 2.34. The Morgan fingerprint density at radius 1 is 1.08 bits per heavy atom. The molecule has 0 bridgehead atoms. The lowest BCUT2D eigenvalue weighted by molar-refractivity contribution is -0.384. The summed E-state index contributed by atoms with van der Waals surface area (Å²) >= 11 is 6.97. The molecule has 0 saturated carbocycles. The second kappa shape index (κ2) is 11.0. The van der Waals surface area contributed by atoms with Crippen LogP contribution in [0.1, 0.15) is 11.1 Å². The fraction of sp³-hybridized carbons (Fsp3) is 0.0741. The van der Waals surface area contributed by atoms with Crippen LogP contribution in [0.3, 0.4) is 0 Å². The maximum atomic E-state index is 12.7. The van der Waals surface area contributed by atoms with Crippen LogP contribution in [0.5, 0.6) is 0 Å². The monoisotopic (exact) mass is 514 g/mol. The lowest BCUT2D eigenvalue weighted by Gasteiger charge is -2.13. The lowest BCUT2D eigenvalue weighted by atomic mass is 9.99. The number of pyridine rings is 1. The number of nitrogens with one attached hydrogen (secondary N) is 1. The molecule has 0 aliphatic carbocycles. The molecule has 4 rings (SSSR count). The van der Waals surface area contributed by atoms with Gasteiger partial charge >= 0.3 is 0 Å². The molecule has 7 nitrogen and oxygen atoms in total. The fourth-order valence-electron chi connectivity index (χ4n) is 3.51. The number of nitriles is 1. The Labute approximate surface area is 216 Å². The Balaban J connectivity index is 1.65. The number of hydrogen-bond donors (Lipinski definition) is 1. The molecular weight excluding hydrogens is 496 g/mol. The molecule has 0 radical (unpaired) electrons. The van der Waals surface area contributed by atoms with E-state index in [1.165, 1.54) is 18.2 Å². The van der Waals surface area contributed by atoms with E-state index in [0.29, 0.717) is 16.3 Å². The Bertz CT molecular complexity index is 1490. The van der Waals surface area contributed by atoms with Crippen molar-refractivity contribution in [1.82, 2.24) is 4.98 Å². The number of aromatic nitrogens is 1. The second-order valence-corrected chi connectivity index (χ2v) is 9.21. The summed E-state index contributed by atoms with van der Waals surface area (Å²) in [7, 11) is 0. The molecule has 0 atom stereocenters. The van der Waals surface area contributed by atoms with Gasteiger partial charge < -0.3 is 5.32 Å². The Morgan fingerprint density at radius 2 is 1.81 bits per heavy atom. The van der Waals surface area contributed by atoms with Crippen LogP contribution in [-0.4, -0.2) is 21.6 Å². The van der Waals surface area contributed by atoms with E-state index in [2.05, 4.69) is 11.4 Å². The molecule has 0 aliphatic heterocycles. The SMILES string of the molecule is Cc1ccc(-c2cc(-c3ccccc3)c(C#N)c(SCC(=O)Nc3ccc(Cl)c([N+](=O)[O-])c3)n2)cc1. The summed E-state index contributed by atoms with van der Waals surface area (Å²) in [6, 6.07) is 25.6. The average molecular weight is 515 g/mol. The average Bonchev–Trinajstić information content (AvgIpc) is 2.88. The Kier molecular flexibility index (Phi) is 7.64. The predicted octanol–water partition coefficient (Wildman–Crippen LogP) is 6.89. The van der Waals surface area contributed by atoms with Crippen molar-refractivity contribution >= 4 is 40.6 Å². The number of halogens is 1. The molecule has 1 aromatic heterocycles. The number of nitro groups is 1. The zero-order chi connectivity index (χ0) is 25.7. The van der Waals surface area contributed by atoms with Crippen LogP contribution in [0, 0.1) is 28.4 Å². The number of hydrogen-bond acceptors (Lipinski definition) is 6. The molecule has 4 aromatic rings. The van der Waals surface area contributed by atoms with Gasteiger partial charge in [-0.15, -0.1) is 0 Å². The van der Waals surface area contributed by atoms with Gasteiger partial charge in [-0.2, -0.15) is 5.26 Å². The zero-order valence-electron chi connectivity index (χ0n) is 19.1. The van der Waals surface area contributed by atoms with E-state index >= 15 is 0 Å². The van der Waals surface area contributed by atoms with Crippen molar-refractivity contribution in [2.75, 3.05) is 11.1 Å². The summed E-state index contributed by atoms with van der Waals surface area (Å²) in [5, 5.41) is 24.2. The van der Waals surface area contributed by atoms with Gasteiger partial charge in [-0.05, 0) is 30.7 Å². The van der Waals surface area contributed by atoms with Crippen LogP contribution >= 0.6 is 23.4 Å². The quantitative estimate of drug-likeness (QED) is 0.163. The Morgan fingerprint density at radius 3 is 2.47 bits per heavy atom. The normalized spacial score (nSPS) is 10.5. The third-order valence-corrected chi connectivity index (χ3v) is 6.59. The van der Waals surface area contributed by atoms with Crippen LogP contribution in [0.25, 0.3) is 22.4 Å². The highest BCUT2D eigenvalue weighted by molar-refractivity contribution is 8.00. The van der Waals surface area contributed by atoms with Gasteiger partial charge in [0.05, 0.1) is 21.9 Å². The van der Waals surface area contributed by atoms with Crippen LogP contribution < -0.4 is 5.32 Å². The molecular formula is C27H19ClN4O3S. The van der Waals surface area contributed by atoms with Gasteiger partial charge in [0.25, 0.3) is 5.69 Å². The summed E-state index contributed by atoms with van der Waals surface area (Å²) in [5.41, 5.74) is 4.61. The lowest BCUT2D eigenvalue weighted by Crippen LogP contribution is -2.14. The van der Waals surface area contributed by atoms with Crippen molar-refractivity contribution in [2.24, 2.45) is 0 Å². The molecule has 3 aromatic carbocycles. The number of nitro benzene ring substituents is 1. The zero-order valence-corrected chi connectivity index (χ0v) is 20.6. The fourth-order valence-corrected chi connectivity index (χ4v) is 4.50. The number of nitrogens with zero attached hydrogens (tertiary/aromatic N) is 3. The summed E-state index contributed by atoms with van der Waals surface area (Å²) in [4.78, 5) is 27.9. The second-order valence-electron chi connectivity index (χ2n) is 7.84. The number of anilines is 1. The van der Waals surface area contributed by atoms with Gasteiger partial charge in [0.2, 0.25) is 5.91 Å². The molecule has 0 unspecified atom stereocenters. The van der Waals surface area contributed by atoms with E-state index in [4.69, 9.17) is 16.6 Å². The standard InChI is InChI=1S/C27H19ClN4O3S/c1-17-7-9-19(10-8-17)24-14-21(18-5-3-2-4-6-18)22(15-29)27(31-24)36-16-26(33)30-20-11-12-23(28)25(13-20)32(34)35/h2-14H,16H2,1H3,(H,30,33). The maximum Gasteiger partial charge on any atom is 0.289 e. The molecule has 0 fully saturated rings. The van der Waals surface area contributed by atoms with Crippen LogP contribution in [0.2, 0.25) is 5.02 Å². The number of amides is 1. The minimum atomic E-state index is -0.614. The molecule has 0 aliphatic rings. The number of carbonyl (C=O) groups is 1. The molecule has 36 heavy (non-hydrogen) atoms. The number of thioether (sulfide) groups is 1. The minimum absolute atomic E-state index is 0.0170. The van der Waals surface area contributed by atoms with Gasteiger partial charge in [0.15, 0.2) is 0 Å². The highest BCUT2D eigenvalue weighted by Gasteiger charge is 2.18. The van der Waals surface area contributed by atoms with Crippen molar-refractivity contribution < 1.29 is 9.72 Å². The first kappa shape index (κ1) is 24.9. The first-order valence-electron chi connectivity index (χ1n) is 10.8. The smallest absolute Gasteiger partial charge is 0.289 e. The van der Waals surface area contributed by atoms with Gasteiger partial charge in [-0.1, -0.05) is 83.5 Å². The van der Waals surface area contributed by atoms with E-state index in [0.717, 1.165) is 34.0 Å². The van der Waals surface area contributed by atoms with E-state index < -0.39 is 10.8 Å². The van der Waals surface area contributed by atoms with Crippen molar-refractivity contribution in [2.45, 2.75) is 11.9 Å². The number of rotatable bonds is 7. The van der Waals surface area contributed by atoms with Gasteiger partial charge in [-0.3, -0.25) is 14.9 Å². The van der Waals surface area contributed by atoms with E-state index in [1.807, 2.05) is 67.6 Å². The number of benzene rings is 3. The van der Waals surface area contributed by atoms with Crippen molar-refractivity contribution in [3.05, 3.63) is 105 Å². The molecule has 1 N–H and O–H groups in total. The van der Waals surface area contributed by atoms with Crippen LogP contribution in [-0.2, 0) is 4.79 Å². The van der Waals surface area contributed by atoms with Crippen molar-refractivity contribution in [3.8, 4) is 28.5 Å². The van der Waals surface area contributed by atoms with E-state index in [-0.39, 0.29) is 22.2 Å². The number of aryl methyl sites for hydroxylation is 1. The minimum Gasteiger partial charge on any atom is -0.325 e. The first-order chi connectivity index (χ1) is 17.4. The van der Waals surface area contributed by atoms with Crippen LogP contribution in [0.15, 0.2) is 83.9 Å². The van der Waals surface area contributed by atoms with Gasteiger partial charge in [0, 0.05) is 22.9 Å². The van der Waals surface area contributed by atoms with Crippen molar-refractivity contribution in [3.63, 3.8) is 0 Å². The molecule has 0 spiro atoms. The van der Waals surface area contributed by atoms with E-state index in [1.54, 1.807) is 0 Å². The number of carbonyl (C=O) groups excluding carboxylic acids is 1. The largest absolute Gasteiger partial charge is 0.325 e. The topological polar surface area (TPSA) is 109 Å². The predicted molar refractivity (Wildman–Crippen MR) is 142 cm³/mol. The molecule has 1 amide bonds. The highest BCUT2D eigenvalue weighted by atomic mass is 35.5. The summed E-state index contributed by atoms with van der Waals surface area (Å²) in [6.07, 6.45) is 0.